The second kappa shape index (κ2) is 7.88. The molecule has 0 unspecified atom stereocenters. The van der Waals surface area contributed by atoms with Crippen molar-refractivity contribution in [3.63, 3.8) is 0 Å². The number of fused-ring (bicyclic) bond motifs is 1. The molecule has 1 fully saturated rings. The minimum absolute atomic E-state index is 0.227. The zero-order valence-corrected chi connectivity index (χ0v) is 17.2. The maximum Gasteiger partial charge on any atom is 0.231 e. The van der Waals surface area contributed by atoms with Gasteiger partial charge in [-0.25, -0.2) is 4.98 Å². The Kier molecular flexibility index (Phi) is 4.93. The number of hydrogen-bond acceptors (Lipinski definition) is 6. The van der Waals surface area contributed by atoms with Crippen LogP contribution >= 0.6 is 0 Å². The summed E-state index contributed by atoms with van der Waals surface area (Å²) in [6.45, 7) is 6.31. The van der Waals surface area contributed by atoms with Gasteiger partial charge in [0.1, 0.15) is 5.82 Å². The van der Waals surface area contributed by atoms with Crippen LogP contribution < -0.4 is 19.7 Å². The molecule has 6 heteroatoms. The summed E-state index contributed by atoms with van der Waals surface area (Å²) in [5, 5.41) is 3.44. The molecule has 2 aromatic carbocycles. The summed E-state index contributed by atoms with van der Waals surface area (Å²) in [5.74, 6) is 2.36. The van der Waals surface area contributed by atoms with Gasteiger partial charge < -0.3 is 24.4 Å². The van der Waals surface area contributed by atoms with Gasteiger partial charge in [0.25, 0.3) is 0 Å². The maximum absolute atomic E-state index is 5.86. The number of ether oxygens (including phenoxy) is 3. The number of anilines is 3. The molecule has 154 valence electrons. The first-order chi connectivity index (χ1) is 14.6. The largest absolute Gasteiger partial charge is 0.454 e. The number of aromatic nitrogens is 1. The van der Waals surface area contributed by atoms with Crippen molar-refractivity contribution in [2.75, 3.05) is 30.1 Å². The average Bonchev–Trinajstić information content (AvgIpc) is 3.21. The van der Waals surface area contributed by atoms with Crippen LogP contribution in [0.5, 0.6) is 11.5 Å². The summed E-state index contributed by atoms with van der Waals surface area (Å²) < 4.78 is 16.8. The minimum atomic E-state index is 0.227. The molecule has 1 aromatic heterocycles. The zero-order chi connectivity index (χ0) is 20.5. The van der Waals surface area contributed by atoms with Gasteiger partial charge >= 0.3 is 0 Å². The van der Waals surface area contributed by atoms with E-state index >= 15 is 0 Å². The summed E-state index contributed by atoms with van der Waals surface area (Å²) >= 11 is 0. The van der Waals surface area contributed by atoms with E-state index in [2.05, 4.69) is 53.3 Å². The highest BCUT2D eigenvalue weighted by Gasteiger charge is 2.22. The molecule has 1 saturated heterocycles. The Labute approximate surface area is 176 Å². The number of morpholine rings is 1. The third kappa shape index (κ3) is 3.91. The average molecular weight is 403 g/mol. The van der Waals surface area contributed by atoms with Crippen LogP contribution in [0.25, 0.3) is 11.1 Å². The first kappa shape index (κ1) is 18.8. The molecule has 5 rings (SSSR count). The first-order valence-corrected chi connectivity index (χ1v) is 10.3. The van der Waals surface area contributed by atoms with Crippen molar-refractivity contribution in [2.45, 2.75) is 26.1 Å². The van der Waals surface area contributed by atoms with Gasteiger partial charge in [0.15, 0.2) is 11.5 Å². The summed E-state index contributed by atoms with van der Waals surface area (Å²) in [7, 11) is 0. The molecule has 1 N–H and O–H groups in total. The first-order valence-electron chi connectivity index (χ1n) is 10.3. The van der Waals surface area contributed by atoms with E-state index in [1.54, 1.807) is 0 Å². The normalized spacial score (nSPS) is 20.3. The maximum atomic E-state index is 5.86. The van der Waals surface area contributed by atoms with E-state index in [4.69, 9.17) is 14.2 Å². The van der Waals surface area contributed by atoms with E-state index in [0.717, 1.165) is 47.2 Å². The van der Waals surface area contributed by atoms with Crippen LogP contribution in [0, 0.1) is 0 Å². The Morgan fingerprint density at radius 1 is 0.900 bits per heavy atom. The Balaban J connectivity index is 1.36. The fraction of sp³-hybridized carbons (Fsp3) is 0.292. The molecule has 6 nitrogen and oxygen atoms in total. The fourth-order valence-electron chi connectivity index (χ4n) is 4.07. The monoisotopic (exact) mass is 403 g/mol. The number of nitrogens with zero attached hydrogens (tertiary/aromatic N) is 2. The van der Waals surface area contributed by atoms with Gasteiger partial charge in [-0.1, -0.05) is 12.1 Å². The molecule has 2 atom stereocenters. The third-order valence-corrected chi connectivity index (χ3v) is 5.37. The van der Waals surface area contributed by atoms with E-state index in [-0.39, 0.29) is 19.0 Å². The van der Waals surface area contributed by atoms with E-state index in [0.29, 0.717) is 0 Å². The quantitative estimate of drug-likeness (QED) is 0.673. The molecule has 3 heterocycles. The highest BCUT2D eigenvalue weighted by molar-refractivity contribution is 5.72. The molecule has 0 spiro atoms. The van der Waals surface area contributed by atoms with Crippen LogP contribution in [0.4, 0.5) is 17.2 Å². The van der Waals surface area contributed by atoms with Gasteiger partial charge in [0, 0.05) is 30.7 Å². The molecule has 0 bridgehead atoms. The fourth-order valence-corrected chi connectivity index (χ4v) is 4.07. The predicted molar refractivity (Wildman–Crippen MR) is 118 cm³/mol. The number of pyridine rings is 1. The minimum Gasteiger partial charge on any atom is -0.454 e. The van der Waals surface area contributed by atoms with E-state index in [9.17, 15) is 0 Å². The number of rotatable bonds is 4. The second-order valence-corrected chi connectivity index (χ2v) is 7.84. The van der Waals surface area contributed by atoms with Crippen molar-refractivity contribution in [2.24, 2.45) is 0 Å². The molecule has 2 aliphatic rings. The van der Waals surface area contributed by atoms with Crippen LogP contribution in [-0.4, -0.2) is 37.1 Å². The Hall–Kier alpha value is -3.25. The Morgan fingerprint density at radius 2 is 1.70 bits per heavy atom. The Morgan fingerprint density at radius 3 is 2.57 bits per heavy atom. The van der Waals surface area contributed by atoms with Crippen LogP contribution in [0.15, 0.2) is 60.8 Å². The lowest BCUT2D eigenvalue weighted by molar-refractivity contribution is -0.00521. The lowest BCUT2D eigenvalue weighted by atomic mass is 10.1. The van der Waals surface area contributed by atoms with Gasteiger partial charge in [0.05, 0.1) is 12.2 Å². The van der Waals surface area contributed by atoms with Crippen molar-refractivity contribution in [1.82, 2.24) is 4.98 Å². The zero-order valence-electron chi connectivity index (χ0n) is 17.2. The number of benzene rings is 2. The van der Waals surface area contributed by atoms with Gasteiger partial charge in [-0.3, -0.25) is 0 Å². The SMILES string of the molecule is C[C@@H]1CN(c2cccc(Nc3cc(-c4ccc5c(c4)OCO5)ccn3)c2)C[C@H](C)O1. The van der Waals surface area contributed by atoms with E-state index in [1.807, 2.05) is 36.5 Å². The molecular weight excluding hydrogens is 378 g/mol. The second-order valence-electron chi connectivity index (χ2n) is 7.84. The lowest BCUT2D eigenvalue weighted by Gasteiger charge is -2.37. The molecule has 30 heavy (non-hydrogen) atoms. The summed E-state index contributed by atoms with van der Waals surface area (Å²) in [5.41, 5.74) is 4.33. The van der Waals surface area contributed by atoms with Crippen molar-refractivity contribution in [1.29, 1.82) is 0 Å². The molecule has 0 aliphatic carbocycles. The van der Waals surface area contributed by atoms with Gasteiger partial charge in [0.2, 0.25) is 6.79 Å². The third-order valence-electron chi connectivity index (χ3n) is 5.37. The molecule has 2 aliphatic heterocycles. The van der Waals surface area contributed by atoms with Gasteiger partial charge in [-0.15, -0.1) is 0 Å². The lowest BCUT2D eigenvalue weighted by Crippen LogP contribution is -2.45. The van der Waals surface area contributed by atoms with Crippen molar-refractivity contribution in [3.8, 4) is 22.6 Å². The molecule has 3 aromatic rings. The van der Waals surface area contributed by atoms with Crippen LogP contribution in [0.1, 0.15) is 13.8 Å². The number of hydrogen-bond donors (Lipinski definition) is 1. The topological polar surface area (TPSA) is 55.9 Å². The van der Waals surface area contributed by atoms with Crippen molar-refractivity contribution < 1.29 is 14.2 Å². The van der Waals surface area contributed by atoms with E-state index < -0.39 is 0 Å². The predicted octanol–water partition coefficient (Wildman–Crippen LogP) is 4.83. The summed E-state index contributed by atoms with van der Waals surface area (Å²) in [4.78, 5) is 6.87. The molecule has 0 amide bonds. The van der Waals surface area contributed by atoms with Crippen LogP contribution in [-0.2, 0) is 4.74 Å². The van der Waals surface area contributed by atoms with Crippen LogP contribution in [0.2, 0.25) is 0 Å². The van der Waals surface area contributed by atoms with Gasteiger partial charge in [-0.05, 0) is 67.4 Å². The molecular formula is C24H25N3O3. The standard InChI is InChI=1S/C24H25N3O3/c1-16-13-27(14-17(2)30-16)21-5-3-4-20(12-21)26-24-11-19(8-9-25-24)18-6-7-22-23(10-18)29-15-28-22/h3-12,16-17H,13-15H2,1-2H3,(H,25,26)/t16-,17+. The smallest absolute Gasteiger partial charge is 0.231 e. The van der Waals surface area contributed by atoms with Crippen LogP contribution in [0.3, 0.4) is 0 Å². The van der Waals surface area contributed by atoms with E-state index in [1.165, 1.54) is 5.69 Å². The van der Waals surface area contributed by atoms with Crippen molar-refractivity contribution in [3.05, 3.63) is 60.8 Å². The Bertz CT molecular complexity index is 1050. The number of nitrogens with one attached hydrogen (secondary N) is 1. The van der Waals surface area contributed by atoms with Crippen molar-refractivity contribution >= 4 is 17.2 Å². The summed E-state index contributed by atoms with van der Waals surface area (Å²) in [6, 6.07) is 18.5. The highest BCUT2D eigenvalue weighted by atomic mass is 16.7. The molecule has 0 radical (unpaired) electrons. The van der Waals surface area contributed by atoms with Gasteiger partial charge in [-0.2, -0.15) is 0 Å². The highest BCUT2D eigenvalue weighted by Crippen LogP contribution is 2.36. The molecule has 0 saturated carbocycles. The summed E-state index contributed by atoms with van der Waals surface area (Å²) in [6.07, 6.45) is 2.27.